The predicted octanol–water partition coefficient (Wildman–Crippen LogP) is 1.34. The fourth-order valence-electron chi connectivity index (χ4n) is 4.42. The second kappa shape index (κ2) is 15.1. The third kappa shape index (κ3) is 8.56. The van der Waals surface area contributed by atoms with Gasteiger partial charge in [0.25, 0.3) is 0 Å². The average molecular weight is 525 g/mol. The minimum absolute atomic E-state index is 0.0214. The van der Waals surface area contributed by atoms with Crippen molar-refractivity contribution in [3.05, 3.63) is 65.7 Å². The normalized spacial score (nSPS) is 22.9. The van der Waals surface area contributed by atoms with Gasteiger partial charge in [-0.15, -0.1) is 0 Å². The molecule has 2 aromatic carbocycles. The molecule has 0 bridgehead atoms. The summed E-state index contributed by atoms with van der Waals surface area (Å²) in [4.78, 5) is 39.4. The molecule has 9 heteroatoms. The Bertz CT molecular complexity index is 1050. The Balaban J connectivity index is 1.83. The molecule has 3 amide bonds. The Labute approximate surface area is 224 Å². The molecule has 1 aliphatic heterocycles. The van der Waals surface area contributed by atoms with Gasteiger partial charge in [0.1, 0.15) is 24.4 Å². The van der Waals surface area contributed by atoms with Crippen molar-refractivity contribution in [1.82, 2.24) is 21.3 Å². The van der Waals surface area contributed by atoms with Gasteiger partial charge >= 0.3 is 0 Å². The van der Waals surface area contributed by atoms with Crippen LogP contribution >= 0.6 is 0 Å². The van der Waals surface area contributed by atoms with Crippen molar-refractivity contribution in [2.75, 3.05) is 26.3 Å². The lowest BCUT2D eigenvalue weighted by Gasteiger charge is -2.27. The Morgan fingerprint density at radius 2 is 1.63 bits per heavy atom. The van der Waals surface area contributed by atoms with Crippen molar-refractivity contribution in [3.8, 4) is 5.75 Å². The number of hydrogen-bond donors (Lipinski definition) is 5. The molecule has 38 heavy (non-hydrogen) atoms. The first-order valence-electron chi connectivity index (χ1n) is 13.4. The molecule has 0 saturated heterocycles. The largest absolute Gasteiger partial charge is 0.492 e. The third-order valence-electron chi connectivity index (χ3n) is 6.85. The fourth-order valence-corrected chi connectivity index (χ4v) is 4.42. The molecule has 0 radical (unpaired) electrons. The van der Waals surface area contributed by atoms with E-state index in [0.717, 1.165) is 23.3 Å². The Hall–Kier alpha value is -3.43. The smallest absolute Gasteiger partial charge is 0.245 e. The maximum Gasteiger partial charge on any atom is 0.245 e. The van der Waals surface area contributed by atoms with Crippen molar-refractivity contribution in [1.29, 1.82) is 0 Å². The second-order valence-corrected chi connectivity index (χ2v) is 9.66. The number of ether oxygens (including phenoxy) is 1. The number of fused-ring (bicyclic) bond motifs is 1. The molecule has 0 spiro atoms. The number of aliphatic hydroxyl groups excluding tert-OH is 1. The van der Waals surface area contributed by atoms with Crippen molar-refractivity contribution < 1.29 is 24.2 Å². The number of hydrogen-bond acceptors (Lipinski definition) is 6. The van der Waals surface area contributed by atoms with E-state index in [9.17, 15) is 19.5 Å². The lowest BCUT2D eigenvalue weighted by Crippen LogP contribution is -2.59. The van der Waals surface area contributed by atoms with Crippen molar-refractivity contribution in [2.24, 2.45) is 5.92 Å². The van der Waals surface area contributed by atoms with E-state index in [1.54, 1.807) is 0 Å². The summed E-state index contributed by atoms with van der Waals surface area (Å²) < 4.78 is 6.01. The lowest BCUT2D eigenvalue weighted by molar-refractivity contribution is -0.133. The molecule has 5 N–H and O–H groups in total. The Morgan fingerprint density at radius 1 is 0.921 bits per heavy atom. The molecule has 4 atom stereocenters. The van der Waals surface area contributed by atoms with Crippen LogP contribution in [0.15, 0.2) is 54.6 Å². The van der Waals surface area contributed by atoms with E-state index in [-0.39, 0.29) is 24.2 Å². The summed E-state index contributed by atoms with van der Waals surface area (Å²) >= 11 is 0. The van der Waals surface area contributed by atoms with Gasteiger partial charge in [0, 0.05) is 19.5 Å². The lowest BCUT2D eigenvalue weighted by atomic mass is 9.98. The number of amides is 3. The summed E-state index contributed by atoms with van der Waals surface area (Å²) in [6.07, 6.45) is 2.42. The number of carbonyl (C=O) groups excluding carboxylic acids is 3. The summed E-state index contributed by atoms with van der Waals surface area (Å²) in [7, 11) is 0. The first-order valence-corrected chi connectivity index (χ1v) is 13.4. The highest BCUT2D eigenvalue weighted by molar-refractivity contribution is 5.93. The van der Waals surface area contributed by atoms with Crippen molar-refractivity contribution in [3.63, 3.8) is 0 Å². The standard InChI is InChI=1S/C29H40N4O5/c1-3-20(2)26-29(37)33-24(19-34)28(36)32-23(18-21-10-5-4-6-11-21)27(35)31-15-9-13-22-12-7-8-14-25(22)38-17-16-30-26/h4-8,10-12,14,20,23-24,26,30,34H,3,9,13,15-19H2,1-2H3,(H,31,35)(H,32,36)(H,33,37)/t20-,23+,24+,26-/m0/s1. The van der Waals surface area contributed by atoms with Gasteiger partial charge in [0.05, 0.1) is 12.6 Å². The monoisotopic (exact) mass is 524 g/mol. The van der Waals surface area contributed by atoms with Crippen LogP contribution in [0.3, 0.4) is 0 Å². The first kappa shape index (κ1) is 29.1. The van der Waals surface area contributed by atoms with Crippen LogP contribution in [-0.4, -0.2) is 67.3 Å². The van der Waals surface area contributed by atoms with Crippen LogP contribution in [0.25, 0.3) is 0 Å². The molecular formula is C29H40N4O5. The minimum atomic E-state index is -1.19. The Kier molecular flexibility index (Phi) is 11.6. The maximum absolute atomic E-state index is 13.2. The van der Waals surface area contributed by atoms with E-state index in [1.165, 1.54) is 0 Å². The summed E-state index contributed by atoms with van der Waals surface area (Å²) in [6, 6.07) is 14.5. The summed E-state index contributed by atoms with van der Waals surface area (Å²) in [5.74, 6) is -0.569. The molecule has 0 aromatic heterocycles. The number of para-hydroxylation sites is 1. The minimum Gasteiger partial charge on any atom is -0.492 e. The summed E-state index contributed by atoms with van der Waals surface area (Å²) in [5.41, 5.74) is 1.92. The van der Waals surface area contributed by atoms with Crippen LogP contribution < -0.4 is 26.0 Å². The predicted molar refractivity (Wildman–Crippen MR) is 146 cm³/mol. The van der Waals surface area contributed by atoms with Crippen LogP contribution in [-0.2, 0) is 27.2 Å². The topological polar surface area (TPSA) is 129 Å². The second-order valence-electron chi connectivity index (χ2n) is 9.66. The van der Waals surface area contributed by atoms with Crippen LogP contribution in [0.1, 0.15) is 37.8 Å². The van der Waals surface area contributed by atoms with Gasteiger partial charge < -0.3 is 31.1 Å². The van der Waals surface area contributed by atoms with Gasteiger partial charge in [-0.1, -0.05) is 68.8 Å². The number of carbonyl (C=O) groups is 3. The highest BCUT2D eigenvalue weighted by atomic mass is 16.5. The molecule has 0 fully saturated rings. The molecule has 1 aliphatic rings. The van der Waals surface area contributed by atoms with Gasteiger partial charge in [-0.3, -0.25) is 14.4 Å². The Morgan fingerprint density at radius 3 is 2.37 bits per heavy atom. The number of nitrogens with one attached hydrogen (secondary N) is 4. The van der Waals surface area contributed by atoms with Gasteiger partial charge in [0.15, 0.2) is 0 Å². The number of rotatable bonds is 5. The summed E-state index contributed by atoms with van der Waals surface area (Å²) in [6.45, 7) is 4.56. The third-order valence-corrected chi connectivity index (χ3v) is 6.85. The number of benzene rings is 2. The van der Waals surface area contributed by atoms with Crippen LogP contribution in [0, 0.1) is 5.92 Å². The zero-order valence-corrected chi connectivity index (χ0v) is 22.2. The van der Waals surface area contributed by atoms with E-state index < -0.39 is 30.6 Å². The van der Waals surface area contributed by atoms with Gasteiger partial charge in [-0.25, -0.2) is 0 Å². The van der Waals surface area contributed by atoms with Crippen LogP contribution in [0.2, 0.25) is 0 Å². The zero-order chi connectivity index (χ0) is 27.3. The molecule has 206 valence electrons. The average Bonchev–Trinajstić information content (AvgIpc) is 2.93. The van der Waals surface area contributed by atoms with Gasteiger partial charge in [0.2, 0.25) is 17.7 Å². The van der Waals surface area contributed by atoms with Crippen molar-refractivity contribution in [2.45, 2.75) is 57.7 Å². The number of aryl methyl sites for hydroxylation is 1. The van der Waals surface area contributed by atoms with E-state index in [4.69, 9.17) is 4.74 Å². The molecule has 9 nitrogen and oxygen atoms in total. The SMILES string of the molecule is CC[C@H](C)[C@@H]1NCCOc2ccccc2CCCNC(=O)[C@@H](Cc2ccccc2)NC(=O)[C@@H](CO)NC1=O. The highest BCUT2D eigenvalue weighted by Gasteiger charge is 2.30. The quantitative estimate of drug-likeness (QED) is 0.402. The van der Waals surface area contributed by atoms with Gasteiger partial charge in [-0.2, -0.15) is 0 Å². The molecule has 2 aromatic rings. The highest BCUT2D eigenvalue weighted by Crippen LogP contribution is 2.19. The molecule has 0 aliphatic carbocycles. The number of aliphatic hydroxyl groups is 1. The van der Waals surface area contributed by atoms with Crippen molar-refractivity contribution >= 4 is 17.7 Å². The van der Waals surface area contributed by atoms with E-state index in [2.05, 4.69) is 21.3 Å². The van der Waals surface area contributed by atoms with Gasteiger partial charge in [-0.05, 0) is 36.0 Å². The van der Waals surface area contributed by atoms with E-state index >= 15 is 0 Å². The van der Waals surface area contributed by atoms with E-state index in [1.807, 2.05) is 68.4 Å². The van der Waals surface area contributed by atoms with Crippen LogP contribution in [0.4, 0.5) is 0 Å². The molecule has 1 heterocycles. The molecule has 0 unspecified atom stereocenters. The van der Waals surface area contributed by atoms with E-state index in [0.29, 0.717) is 32.5 Å². The molecule has 0 saturated carbocycles. The maximum atomic E-state index is 13.2. The molecule has 3 rings (SSSR count). The fraction of sp³-hybridized carbons (Fsp3) is 0.483. The zero-order valence-electron chi connectivity index (χ0n) is 22.2. The van der Waals surface area contributed by atoms with Crippen LogP contribution in [0.5, 0.6) is 5.75 Å². The first-order chi connectivity index (χ1) is 18.4. The summed E-state index contributed by atoms with van der Waals surface area (Å²) in [5, 5.41) is 21.5. The molecular weight excluding hydrogens is 484 g/mol.